The minimum atomic E-state index is -0.840. The number of phenols is 1. The fraction of sp³-hybridized carbons (Fsp3) is 0.318. The average Bonchev–Trinajstić information content (AvgIpc) is 3.12. The fourth-order valence-electron chi connectivity index (χ4n) is 3.60. The Labute approximate surface area is 170 Å². The zero-order valence-electron chi connectivity index (χ0n) is 16.6. The molecule has 7 nitrogen and oxygen atoms in total. The van der Waals surface area contributed by atoms with Gasteiger partial charge in [0.1, 0.15) is 11.7 Å². The number of nitrogens with zero attached hydrogens (tertiary/aromatic N) is 2. The van der Waals surface area contributed by atoms with Crippen LogP contribution in [0.2, 0.25) is 0 Å². The van der Waals surface area contributed by atoms with E-state index in [9.17, 15) is 14.7 Å². The van der Waals surface area contributed by atoms with Crippen molar-refractivity contribution < 1.29 is 14.7 Å². The number of carbonyl (C=O) groups excluding carboxylic acids is 2. The molecule has 0 aliphatic carbocycles. The van der Waals surface area contributed by atoms with Gasteiger partial charge in [0, 0.05) is 42.9 Å². The Morgan fingerprint density at radius 3 is 2.62 bits per heavy atom. The van der Waals surface area contributed by atoms with Gasteiger partial charge in [-0.3, -0.25) is 9.59 Å². The van der Waals surface area contributed by atoms with Crippen molar-refractivity contribution in [2.75, 3.05) is 24.5 Å². The summed E-state index contributed by atoms with van der Waals surface area (Å²) in [5.74, 6) is -1.77. The molecule has 1 fully saturated rings. The van der Waals surface area contributed by atoms with Gasteiger partial charge in [0.25, 0.3) is 5.91 Å². The van der Waals surface area contributed by atoms with Crippen molar-refractivity contribution in [1.82, 2.24) is 10.7 Å². The van der Waals surface area contributed by atoms with Gasteiger partial charge in [-0.25, -0.2) is 5.43 Å². The topological polar surface area (TPSA) is 94.0 Å². The number of anilines is 1. The van der Waals surface area contributed by atoms with E-state index in [4.69, 9.17) is 0 Å². The monoisotopic (exact) mass is 394 g/mol. The van der Waals surface area contributed by atoms with E-state index in [-0.39, 0.29) is 17.6 Å². The maximum absolute atomic E-state index is 12.6. The van der Waals surface area contributed by atoms with Gasteiger partial charge in [0.15, 0.2) is 0 Å². The standard InChI is InChI=1S/C22H26N4O3/c1-3-26(4-2)17-11-10-16(19(27)12-17)13-24-25-22(29)20-18(14-23-21(20)28)15-8-6-5-7-9-15/h5-13,18,20,27H,3-4,14H2,1-2H3,(H,23,28)(H,25,29). The highest BCUT2D eigenvalue weighted by atomic mass is 16.3. The third-order valence-corrected chi connectivity index (χ3v) is 5.21. The van der Waals surface area contributed by atoms with Crippen LogP contribution in [0.1, 0.15) is 30.9 Å². The molecule has 2 amide bonds. The van der Waals surface area contributed by atoms with Crippen LogP contribution < -0.4 is 15.6 Å². The van der Waals surface area contributed by atoms with E-state index in [1.54, 1.807) is 12.1 Å². The Morgan fingerprint density at radius 1 is 1.24 bits per heavy atom. The van der Waals surface area contributed by atoms with E-state index in [2.05, 4.69) is 20.7 Å². The van der Waals surface area contributed by atoms with Crippen molar-refractivity contribution in [3.8, 4) is 5.75 Å². The molecule has 3 rings (SSSR count). The summed E-state index contributed by atoms with van der Waals surface area (Å²) in [6.07, 6.45) is 1.38. The van der Waals surface area contributed by atoms with Gasteiger partial charge in [0.2, 0.25) is 5.91 Å². The molecule has 2 aromatic rings. The highest BCUT2D eigenvalue weighted by Gasteiger charge is 2.40. The van der Waals surface area contributed by atoms with Gasteiger partial charge < -0.3 is 15.3 Å². The van der Waals surface area contributed by atoms with Crippen LogP contribution in [0.3, 0.4) is 0 Å². The van der Waals surface area contributed by atoms with Crippen LogP contribution in [-0.2, 0) is 9.59 Å². The summed E-state index contributed by atoms with van der Waals surface area (Å²) in [6.45, 7) is 6.19. The number of rotatable bonds is 7. The molecule has 1 heterocycles. The molecule has 0 spiro atoms. The number of phenolic OH excluding ortho intramolecular Hbond substituents is 1. The maximum Gasteiger partial charge on any atom is 0.253 e. The molecule has 7 heteroatoms. The first kappa shape index (κ1) is 20.4. The average molecular weight is 394 g/mol. The summed E-state index contributed by atoms with van der Waals surface area (Å²) in [4.78, 5) is 26.9. The fourth-order valence-corrected chi connectivity index (χ4v) is 3.60. The molecule has 2 unspecified atom stereocenters. The quantitative estimate of drug-likeness (QED) is 0.381. The molecule has 1 aliphatic heterocycles. The van der Waals surface area contributed by atoms with Crippen molar-refractivity contribution >= 4 is 23.7 Å². The molecule has 0 saturated carbocycles. The van der Waals surface area contributed by atoms with Crippen molar-refractivity contribution in [1.29, 1.82) is 0 Å². The predicted octanol–water partition coefficient (Wildman–Crippen LogP) is 2.22. The third kappa shape index (κ3) is 4.56. The van der Waals surface area contributed by atoms with Crippen molar-refractivity contribution in [2.45, 2.75) is 19.8 Å². The molecule has 2 atom stereocenters. The number of aromatic hydroxyl groups is 1. The summed E-state index contributed by atoms with van der Waals surface area (Å²) in [7, 11) is 0. The lowest BCUT2D eigenvalue weighted by atomic mass is 9.88. The van der Waals surface area contributed by atoms with Crippen molar-refractivity contribution in [3.05, 3.63) is 59.7 Å². The van der Waals surface area contributed by atoms with Crippen LogP contribution in [-0.4, -0.2) is 42.8 Å². The molecule has 3 N–H and O–H groups in total. The lowest BCUT2D eigenvalue weighted by Crippen LogP contribution is -2.34. The van der Waals surface area contributed by atoms with Gasteiger partial charge in [-0.2, -0.15) is 5.10 Å². The number of amides is 2. The normalized spacial score (nSPS) is 18.6. The molecular weight excluding hydrogens is 368 g/mol. The first-order valence-corrected chi connectivity index (χ1v) is 9.78. The van der Waals surface area contributed by atoms with Crippen molar-refractivity contribution in [2.24, 2.45) is 11.0 Å². The lowest BCUT2D eigenvalue weighted by molar-refractivity contribution is -0.133. The summed E-state index contributed by atoms with van der Waals surface area (Å²) in [5.41, 5.74) is 4.77. The van der Waals surface area contributed by atoms with E-state index in [0.29, 0.717) is 12.1 Å². The molecule has 1 aliphatic rings. The number of hydrazone groups is 1. The predicted molar refractivity (Wildman–Crippen MR) is 113 cm³/mol. The number of hydrogen-bond donors (Lipinski definition) is 3. The number of hydrogen-bond acceptors (Lipinski definition) is 5. The summed E-state index contributed by atoms with van der Waals surface area (Å²) in [6, 6.07) is 14.8. The minimum Gasteiger partial charge on any atom is -0.507 e. The number of nitrogens with one attached hydrogen (secondary N) is 2. The van der Waals surface area contributed by atoms with E-state index >= 15 is 0 Å². The summed E-state index contributed by atoms with van der Waals surface area (Å²) in [5, 5.41) is 16.9. The Morgan fingerprint density at radius 2 is 1.97 bits per heavy atom. The Hall–Kier alpha value is -3.35. The van der Waals surface area contributed by atoms with Gasteiger partial charge >= 0.3 is 0 Å². The second-order valence-electron chi connectivity index (χ2n) is 6.89. The van der Waals surface area contributed by atoms with Crippen LogP contribution in [0.5, 0.6) is 5.75 Å². The zero-order chi connectivity index (χ0) is 20.8. The molecule has 29 heavy (non-hydrogen) atoms. The SMILES string of the molecule is CCN(CC)c1ccc(C=NNC(=O)C2C(=O)NCC2c2ccccc2)c(O)c1. The number of carbonyl (C=O) groups is 2. The van der Waals surface area contributed by atoms with Crippen LogP contribution in [0, 0.1) is 5.92 Å². The lowest BCUT2D eigenvalue weighted by Gasteiger charge is -2.21. The van der Waals surface area contributed by atoms with E-state index in [0.717, 1.165) is 24.3 Å². The van der Waals surface area contributed by atoms with Gasteiger partial charge in [-0.1, -0.05) is 30.3 Å². The minimum absolute atomic E-state index is 0.0770. The molecular formula is C22H26N4O3. The highest BCUT2D eigenvalue weighted by molar-refractivity contribution is 6.03. The molecule has 1 saturated heterocycles. The smallest absolute Gasteiger partial charge is 0.253 e. The van der Waals surface area contributed by atoms with Crippen LogP contribution in [0.15, 0.2) is 53.6 Å². The van der Waals surface area contributed by atoms with Gasteiger partial charge in [0.05, 0.1) is 6.21 Å². The second-order valence-corrected chi connectivity index (χ2v) is 6.89. The van der Waals surface area contributed by atoms with E-state index < -0.39 is 11.8 Å². The second kappa shape index (κ2) is 9.23. The van der Waals surface area contributed by atoms with E-state index in [1.165, 1.54) is 6.21 Å². The Balaban J connectivity index is 1.68. The molecule has 0 bridgehead atoms. The Kier molecular flexibility index (Phi) is 6.49. The molecule has 2 aromatic carbocycles. The third-order valence-electron chi connectivity index (χ3n) is 5.21. The maximum atomic E-state index is 12.6. The first-order chi connectivity index (χ1) is 14.0. The first-order valence-electron chi connectivity index (χ1n) is 9.78. The summed E-state index contributed by atoms with van der Waals surface area (Å²) < 4.78 is 0. The van der Waals surface area contributed by atoms with Crippen LogP contribution in [0.4, 0.5) is 5.69 Å². The van der Waals surface area contributed by atoms with E-state index in [1.807, 2.05) is 50.2 Å². The van der Waals surface area contributed by atoms with Crippen LogP contribution in [0.25, 0.3) is 0 Å². The molecule has 152 valence electrons. The highest BCUT2D eigenvalue weighted by Crippen LogP contribution is 2.29. The molecule has 0 radical (unpaired) electrons. The number of benzene rings is 2. The van der Waals surface area contributed by atoms with Crippen LogP contribution >= 0.6 is 0 Å². The van der Waals surface area contributed by atoms with Crippen molar-refractivity contribution in [3.63, 3.8) is 0 Å². The largest absolute Gasteiger partial charge is 0.507 e. The Bertz CT molecular complexity index is 894. The van der Waals surface area contributed by atoms with Gasteiger partial charge in [-0.05, 0) is 31.5 Å². The molecule has 0 aromatic heterocycles. The van der Waals surface area contributed by atoms with Gasteiger partial charge in [-0.15, -0.1) is 0 Å². The summed E-state index contributed by atoms with van der Waals surface area (Å²) >= 11 is 0. The zero-order valence-corrected chi connectivity index (χ0v) is 16.6.